The molecule has 102 valence electrons. The first kappa shape index (κ1) is 11.5. The summed E-state index contributed by atoms with van der Waals surface area (Å²) in [5.74, 6) is 0. The second-order valence-corrected chi connectivity index (χ2v) is 6.15. The molecule has 3 aromatic carbocycles. The summed E-state index contributed by atoms with van der Waals surface area (Å²) in [5.41, 5.74) is 8.29. The molecule has 0 N–H and O–H groups in total. The third-order valence-electron chi connectivity index (χ3n) is 5.10. The van der Waals surface area contributed by atoms with Crippen LogP contribution in [0.25, 0.3) is 21.9 Å². The summed E-state index contributed by atoms with van der Waals surface area (Å²) in [4.78, 5) is 0. The number of benzene rings is 3. The minimum atomic E-state index is 0.262. The number of fused-ring (bicyclic) bond motifs is 7. The van der Waals surface area contributed by atoms with Crippen LogP contribution in [0.1, 0.15) is 34.5 Å². The van der Waals surface area contributed by atoms with Gasteiger partial charge < -0.3 is 4.74 Å². The van der Waals surface area contributed by atoms with Gasteiger partial charge in [-0.2, -0.15) is 0 Å². The van der Waals surface area contributed by atoms with Gasteiger partial charge in [-0.1, -0.05) is 48.5 Å². The highest BCUT2D eigenvalue weighted by molar-refractivity contribution is 5.97. The number of hydrogen-bond acceptors (Lipinski definition) is 1. The summed E-state index contributed by atoms with van der Waals surface area (Å²) in [6, 6.07) is 17.4. The third-order valence-corrected chi connectivity index (χ3v) is 5.10. The van der Waals surface area contributed by atoms with Gasteiger partial charge >= 0.3 is 0 Å². The van der Waals surface area contributed by atoms with E-state index < -0.39 is 0 Å². The van der Waals surface area contributed by atoms with E-state index in [0.29, 0.717) is 0 Å². The van der Waals surface area contributed by atoms with Gasteiger partial charge in [0.25, 0.3) is 0 Å². The first-order valence-corrected chi connectivity index (χ1v) is 7.54. The molecule has 1 fully saturated rings. The molecule has 1 nitrogen and oxygen atoms in total. The van der Waals surface area contributed by atoms with Crippen molar-refractivity contribution in [1.29, 1.82) is 0 Å². The van der Waals surface area contributed by atoms with Gasteiger partial charge in [-0.3, -0.25) is 0 Å². The molecule has 21 heavy (non-hydrogen) atoms. The lowest BCUT2D eigenvalue weighted by Crippen LogP contribution is -2.04. The molecule has 2 atom stereocenters. The van der Waals surface area contributed by atoms with E-state index >= 15 is 0 Å². The van der Waals surface area contributed by atoms with Crippen molar-refractivity contribution < 1.29 is 4.74 Å². The van der Waals surface area contributed by atoms with Crippen LogP contribution in [0.4, 0.5) is 0 Å². The van der Waals surface area contributed by atoms with E-state index in [-0.39, 0.29) is 12.2 Å². The first-order chi connectivity index (χ1) is 10.3. The maximum absolute atomic E-state index is 6.02. The molecule has 5 rings (SSSR count). The average Bonchev–Trinajstić information content (AvgIpc) is 3.32. The molecule has 0 amide bonds. The second kappa shape index (κ2) is 3.75. The zero-order valence-corrected chi connectivity index (χ0v) is 12.2. The largest absolute Gasteiger partial charge is 0.359 e. The van der Waals surface area contributed by atoms with Gasteiger partial charge in [0.05, 0.1) is 0 Å². The quantitative estimate of drug-likeness (QED) is 0.509. The molecule has 0 aromatic heterocycles. The van der Waals surface area contributed by atoms with Crippen molar-refractivity contribution in [3.8, 4) is 11.1 Å². The number of aryl methyl sites for hydroxylation is 2. The molecule has 0 saturated carbocycles. The monoisotopic (exact) mass is 272 g/mol. The summed E-state index contributed by atoms with van der Waals surface area (Å²) in [6.45, 7) is 4.49. The standard InChI is InChI=1S/C20H16O/c1-11-13-7-3-4-8-14(13)12(2)18-17(11)15-9-5-6-10-16(15)19-20(18)21-19/h3-10,19-20H,1-2H3/t19-,20+/m0/s1. The molecule has 0 unspecified atom stereocenters. The molecule has 1 aliphatic heterocycles. The Labute approximate surface area is 124 Å². The van der Waals surface area contributed by atoms with Gasteiger partial charge in [-0.25, -0.2) is 0 Å². The lowest BCUT2D eigenvalue weighted by molar-refractivity contribution is 0.380. The fraction of sp³-hybridized carbons (Fsp3) is 0.200. The van der Waals surface area contributed by atoms with Crippen molar-refractivity contribution in [1.82, 2.24) is 0 Å². The molecular formula is C20H16O. The Balaban J connectivity index is 2.00. The van der Waals surface area contributed by atoms with Gasteiger partial charge in [0.1, 0.15) is 12.2 Å². The smallest absolute Gasteiger partial charge is 0.115 e. The molecule has 1 heteroatoms. The number of ether oxygens (including phenoxy) is 1. The Morgan fingerprint density at radius 2 is 1.43 bits per heavy atom. The van der Waals surface area contributed by atoms with E-state index in [1.807, 2.05) is 0 Å². The molecule has 1 heterocycles. The zero-order chi connectivity index (χ0) is 14.1. The lowest BCUT2D eigenvalue weighted by atomic mass is 9.79. The van der Waals surface area contributed by atoms with Gasteiger partial charge in [0.2, 0.25) is 0 Å². The van der Waals surface area contributed by atoms with Crippen LogP contribution in [0.15, 0.2) is 48.5 Å². The maximum Gasteiger partial charge on any atom is 0.115 e. The van der Waals surface area contributed by atoms with Crippen LogP contribution in [0.5, 0.6) is 0 Å². The fourth-order valence-corrected chi connectivity index (χ4v) is 4.05. The Morgan fingerprint density at radius 3 is 2.24 bits per heavy atom. The molecule has 2 aliphatic rings. The average molecular weight is 272 g/mol. The van der Waals surface area contributed by atoms with Gasteiger partial charge in [0.15, 0.2) is 0 Å². The van der Waals surface area contributed by atoms with Crippen LogP contribution in [0, 0.1) is 13.8 Å². The van der Waals surface area contributed by atoms with Gasteiger partial charge in [0, 0.05) is 0 Å². The van der Waals surface area contributed by atoms with Crippen LogP contribution >= 0.6 is 0 Å². The topological polar surface area (TPSA) is 12.5 Å². The number of rotatable bonds is 0. The van der Waals surface area contributed by atoms with Crippen LogP contribution in [-0.2, 0) is 4.74 Å². The van der Waals surface area contributed by atoms with Crippen molar-refractivity contribution >= 4 is 10.8 Å². The summed E-state index contributed by atoms with van der Waals surface area (Å²) in [7, 11) is 0. The Kier molecular flexibility index (Phi) is 2.06. The van der Waals surface area contributed by atoms with E-state index in [9.17, 15) is 0 Å². The van der Waals surface area contributed by atoms with E-state index in [4.69, 9.17) is 4.74 Å². The van der Waals surface area contributed by atoms with Crippen molar-refractivity contribution in [2.75, 3.05) is 0 Å². The SMILES string of the molecule is Cc1c2c(c(C)c3ccccc13)[C@H]1O[C@H]1c1ccccc1-2. The Morgan fingerprint density at radius 1 is 0.762 bits per heavy atom. The maximum atomic E-state index is 6.02. The van der Waals surface area contributed by atoms with E-state index in [2.05, 4.69) is 62.4 Å². The molecule has 0 spiro atoms. The molecular weight excluding hydrogens is 256 g/mol. The zero-order valence-electron chi connectivity index (χ0n) is 12.2. The Hall–Kier alpha value is -2.12. The summed E-state index contributed by atoms with van der Waals surface area (Å²) < 4.78 is 6.02. The van der Waals surface area contributed by atoms with E-state index in [1.54, 1.807) is 0 Å². The highest BCUT2D eigenvalue weighted by Crippen LogP contribution is 2.61. The first-order valence-electron chi connectivity index (χ1n) is 7.54. The summed E-state index contributed by atoms with van der Waals surface area (Å²) in [5, 5.41) is 2.73. The number of hydrogen-bond donors (Lipinski definition) is 0. The predicted octanol–water partition coefficient (Wildman–Crippen LogP) is 5.25. The highest BCUT2D eigenvalue weighted by atomic mass is 16.6. The van der Waals surface area contributed by atoms with Crippen molar-refractivity contribution in [2.45, 2.75) is 26.1 Å². The summed E-state index contributed by atoms with van der Waals surface area (Å²) in [6.07, 6.45) is 0.533. The minimum absolute atomic E-state index is 0.262. The fourth-order valence-electron chi connectivity index (χ4n) is 4.05. The minimum Gasteiger partial charge on any atom is -0.359 e. The van der Waals surface area contributed by atoms with Gasteiger partial charge in [-0.05, 0) is 58.0 Å². The normalized spacial score (nSPS) is 21.6. The predicted molar refractivity (Wildman–Crippen MR) is 85.4 cm³/mol. The highest BCUT2D eigenvalue weighted by Gasteiger charge is 2.48. The van der Waals surface area contributed by atoms with Crippen LogP contribution in [0.3, 0.4) is 0 Å². The molecule has 0 radical (unpaired) electrons. The Bertz CT molecular complexity index is 907. The van der Waals surface area contributed by atoms with Crippen LogP contribution < -0.4 is 0 Å². The second-order valence-electron chi connectivity index (χ2n) is 6.15. The van der Waals surface area contributed by atoms with Gasteiger partial charge in [-0.15, -0.1) is 0 Å². The lowest BCUT2D eigenvalue weighted by Gasteiger charge is -2.23. The third kappa shape index (κ3) is 1.35. The van der Waals surface area contributed by atoms with Crippen molar-refractivity contribution in [3.05, 3.63) is 70.8 Å². The molecule has 1 saturated heterocycles. The molecule has 3 aromatic rings. The van der Waals surface area contributed by atoms with Crippen molar-refractivity contribution in [3.63, 3.8) is 0 Å². The molecule has 0 bridgehead atoms. The number of epoxide rings is 1. The summed E-state index contributed by atoms with van der Waals surface area (Å²) >= 11 is 0. The van der Waals surface area contributed by atoms with Crippen LogP contribution in [0.2, 0.25) is 0 Å². The van der Waals surface area contributed by atoms with E-state index in [0.717, 1.165) is 0 Å². The van der Waals surface area contributed by atoms with Crippen LogP contribution in [-0.4, -0.2) is 0 Å². The van der Waals surface area contributed by atoms with E-state index in [1.165, 1.54) is 44.2 Å². The molecule has 1 aliphatic carbocycles. The van der Waals surface area contributed by atoms with Crippen molar-refractivity contribution in [2.24, 2.45) is 0 Å².